The SMILES string of the molecule is CCOC(=O)c1c(NC(=O)N2CCN(C)CC2)sc2c1CCC2. The van der Waals surface area contributed by atoms with E-state index in [1.807, 2.05) is 0 Å². The van der Waals surface area contributed by atoms with Crippen molar-refractivity contribution in [2.24, 2.45) is 0 Å². The zero-order valence-electron chi connectivity index (χ0n) is 13.7. The Morgan fingerprint density at radius 3 is 2.65 bits per heavy atom. The highest BCUT2D eigenvalue weighted by Gasteiger charge is 2.29. The Labute approximate surface area is 140 Å². The molecule has 7 heteroatoms. The summed E-state index contributed by atoms with van der Waals surface area (Å²) in [5, 5.41) is 3.60. The minimum absolute atomic E-state index is 0.122. The van der Waals surface area contributed by atoms with E-state index in [-0.39, 0.29) is 12.0 Å². The molecule has 1 aliphatic heterocycles. The lowest BCUT2D eigenvalue weighted by atomic mass is 10.1. The summed E-state index contributed by atoms with van der Waals surface area (Å²) < 4.78 is 5.19. The number of carbonyl (C=O) groups excluding carboxylic acids is 2. The summed E-state index contributed by atoms with van der Waals surface area (Å²) in [4.78, 5) is 30.0. The molecule has 0 spiro atoms. The molecule has 1 aliphatic carbocycles. The molecule has 126 valence electrons. The standard InChI is InChI=1S/C16H23N3O3S/c1-3-22-15(20)13-11-5-4-6-12(11)23-14(13)17-16(21)19-9-7-18(2)8-10-19/h3-10H2,1-2H3,(H,17,21). The fraction of sp³-hybridized carbons (Fsp3) is 0.625. The van der Waals surface area contributed by atoms with Crippen LogP contribution in [0.1, 0.15) is 34.1 Å². The summed E-state index contributed by atoms with van der Waals surface area (Å²) in [5.74, 6) is -0.319. The van der Waals surface area contributed by atoms with Gasteiger partial charge >= 0.3 is 12.0 Å². The second kappa shape index (κ2) is 6.88. The van der Waals surface area contributed by atoms with Crippen LogP contribution in [-0.2, 0) is 17.6 Å². The number of fused-ring (bicyclic) bond motifs is 1. The summed E-state index contributed by atoms with van der Waals surface area (Å²) >= 11 is 1.53. The van der Waals surface area contributed by atoms with Crippen molar-refractivity contribution < 1.29 is 14.3 Å². The van der Waals surface area contributed by atoms with Crippen LogP contribution in [0.2, 0.25) is 0 Å². The predicted octanol–water partition coefficient (Wildman–Crippen LogP) is 2.19. The van der Waals surface area contributed by atoms with Crippen molar-refractivity contribution in [2.45, 2.75) is 26.2 Å². The molecule has 0 unspecified atom stereocenters. The van der Waals surface area contributed by atoms with Crippen LogP contribution in [0.4, 0.5) is 9.80 Å². The van der Waals surface area contributed by atoms with Crippen molar-refractivity contribution in [1.29, 1.82) is 0 Å². The molecular weight excluding hydrogens is 314 g/mol. The van der Waals surface area contributed by atoms with E-state index in [0.29, 0.717) is 30.3 Å². The van der Waals surface area contributed by atoms with Gasteiger partial charge in [0.05, 0.1) is 12.2 Å². The van der Waals surface area contributed by atoms with Crippen LogP contribution in [-0.4, -0.2) is 61.6 Å². The number of amides is 2. The number of ether oxygens (including phenoxy) is 1. The lowest BCUT2D eigenvalue weighted by Gasteiger charge is -2.32. The first-order valence-corrected chi connectivity index (χ1v) is 8.98. The Morgan fingerprint density at radius 2 is 1.96 bits per heavy atom. The number of thiophene rings is 1. The summed E-state index contributed by atoms with van der Waals surface area (Å²) in [6.45, 7) is 5.31. The number of nitrogens with zero attached hydrogens (tertiary/aromatic N) is 2. The monoisotopic (exact) mass is 337 g/mol. The van der Waals surface area contributed by atoms with Crippen LogP contribution in [0.3, 0.4) is 0 Å². The molecule has 0 radical (unpaired) electrons. The van der Waals surface area contributed by atoms with Crippen molar-refractivity contribution in [3.8, 4) is 0 Å². The molecule has 2 heterocycles. The lowest BCUT2D eigenvalue weighted by Crippen LogP contribution is -2.48. The number of aryl methyl sites for hydroxylation is 1. The van der Waals surface area contributed by atoms with E-state index < -0.39 is 0 Å². The molecule has 1 saturated heterocycles. The number of hydrogen-bond acceptors (Lipinski definition) is 5. The van der Waals surface area contributed by atoms with E-state index in [0.717, 1.165) is 37.9 Å². The fourth-order valence-corrected chi connectivity index (χ4v) is 4.36. The van der Waals surface area contributed by atoms with E-state index in [2.05, 4.69) is 17.3 Å². The van der Waals surface area contributed by atoms with Gasteiger partial charge in [-0.2, -0.15) is 0 Å². The Morgan fingerprint density at radius 1 is 1.22 bits per heavy atom. The number of nitrogens with one attached hydrogen (secondary N) is 1. The number of piperazine rings is 1. The molecule has 1 fully saturated rings. The second-order valence-electron chi connectivity index (χ2n) is 6.00. The van der Waals surface area contributed by atoms with Crippen LogP contribution in [0.5, 0.6) is 0 Å². The Kier molecular flexibility index (Phi) is 4.87. The molecule has 0 aromatic carbocycles. The summed E-state index contributed by atoms with van der Waals surface area (Å²) in [5.41, 5.74) is 1.65. The normalized spacial score (nSPS) is 17.9. The largest absolute Gasteiger partial charge is 0.462 e. The third-order valence-corrected chi connectivity index (χ3v) is 5.62. The van der Waals surface area contributed by atoms with Gasteiger partial charge < -0.3 is 14.5 Å². The van der Waals surface area contributed by atoms with Crippen LogP contribution in [0.15, 0.2) is 0 Å². The number of hydrogen-bond donors (Lipinski definition) is 1. The molecule has 3 rings (SSSR count). The number of urea groups is 1. The van der Waals surface area contributed by atoms with Crippen LogP contribution in [0, 0.1) is 0 Å². The van der Waals surface area contributed by atoms with Gasteiger partial charge in [0.25, 0.3) is 0 Å². The van der Waals surface area contributed by atoms with Crippen molar-refractivity contribution in [2.75, 3.05) is 45.2 Å². The van der Waals surface area contributed by atoms with Gasteiger partial charge in [-0.05, 0) is 38.8 Å². The molecule has 6 nitrogen and oxygen atoms in total. The molecule has 1 aromatic rings. The van der Waals surface area contributed by atoms with E-state index in [1.165, 1.54) is 16.2 Å². The third kappa shape index (κ3) is 3.35. The minimum atomic E-state index is -0.319. The number of esters is 1. The maximum atomic E-state index is 12.5. The molecule has 1 aromatic heterocycles. The van der Waals surface area contributed by atoms with Gasteiger partial charge in [-0.15, -0.1) is 11.3 Å². The highest BCUT2D eigenvalue weighted by molar-refractivity contribution is 7.17. The van der Waals surface area contributed by atoms with Crippen LogP contribution < -0.4 is 5.32 Å². The average Bonchev–Trinajstić information content (AvgIpc) is 3.08. The van der Waals surface area contributed by atoms with Gasteiger partial charge in [0.2, 0.25) is 0 Å². The molecule has 0 saturated carbocycles. The minimum Gasteiger partial charge on any atom is -0.462 e. The summed E-state index contributed by atoms with van der Waals surface area (Å²) in [6.07, 6.45) is 2.95. The van der Waals surface area contributed by atoms with Crippen LogP contribution >= 0.6 is 11.3 Å². The molecule has 2 aliphatic rings. The van der Waals surface area contributed by atoms with Crippen molar-refractivity contribution >= 4 is 28.3 Å². The summed E-state index contributed by atoms with van der Waals surface area (Å²) in [7, 11) is 2.05. The van der Waals surface area contributed by atoms with E-state index in [1.54, 1.807) is 11.8 Å². The summed E-state index contributed by atoms with van der Waals surface area (Å²) in [6, 6.07) is -0.122. The Hall–Kier alpha value is -1.60. The van der Waals surface area contributed by atoms with Crippen molar-refractivity contribution in [3.63, 3.8) is 0 Å². The zero-order chi connectivity index (χ0) is 16.4. The molecule has 0 atom stereocenters. The van der Waals surface area contributed by atoms with Gasteiger partial charge in [-0.1, -0.05) is 0 Å². The lowest BCUT2D eigenvalue weighted by molar-refractivity contribution is 0.0527. The number of likely N-dealkylation sites (N-methyl/N-ethyl adjacent to an activating group) is 1. The van der Waals surface area contributed by atoms with Gasteiger partial charge in [-0.25, -0.2) is 9.59 Å². The zero-order valence-corrected chi connectivity index (χ0v) is 14.5. The number of rotatable bonds is 3. The molecule has 0 bridgehead atoms. The Balaban J connectivity index is 1.77. The van der Waals surface area contributed by atoms with Crippen molar-refractivity contribution in [1.82, 2.24) is 9.80 Å². The molecule has 23 heavy (non-hydrogen) atoms. The highest BCUT2D eigenvalue weighted by atomic mass is 32.1. The first kappa shape index (κ1) is 16.3. The maximum Gasteiger partial charge on any atom is 0.341 e. The highest BCUT2D eigenvalue weighted by Crippen LogP contribution is 2.39. The fourth-order valence-electron chi connectivity index (χ4n) is 3.10. The van der Waals surface area contributed by atoms with Gasteiger partial charge in [-0.3, -0.25) is 5.32 Å². The van der Waals surface area contributed by atoms with Gasteiger partial charge in [0.15, 0.2) is 0 Å². The topological polar surface area (TPSA) is 61.9 Å². The Bertz CT molecular complexity index is 606. The predicted molar refractivity (Wildman–Crippen MR) is 90.4 cm³/mol. The van der Waals surface area contributed by atoms with Crippen LogP contribution in [0.25, 0.3) is 0 Å². The third-order valence-electron chi connectivity index (χ3n) is 4.41. The quantitative estimate of drug-likeness (QED) is 0.859. The first-order chi connectivity index (χ1) is 11.1. The van der Waals surface area contributed by atoms with Gasteiger partial charge in [0.1, 0.15) is 5.00 Å². The molecular formula is C16H23N3O3S. The second-order valence-corrected chi connectivity index (χ2v) is 7.11. The smallest absolute Gasteiger partial charge is 0.341 e. The number of carbonyl (C=O) groups is 2. The van der Waals surface area contributed by atoms with E-state index in [9.17, 15) is 9.59 Å². The van der Waals surface area contributed by atoms with Crippen molar-refractivity contribution in [3.05, 3.63) is 16.0 Å². The molecule has 1 N–H and O–H groups in total. The van der Waals surface area contributed by atoms with E-state index in [4.69, 9.17) is 4.74 Å². The van der Waals surface area contributed by atoms with Gasteiger partial charge in [0, 0.05) is 31.1 Å². The average molecular weight is 337 g/mol. The first-order valence-electron chi connectivity index (χ1n) is 8.16. The number of anilines is 1. The molecule has 2 amide bonds. The maximum absolute atomic E-state index is 12.5. The van der Waals surface area contributed by atoms with E-state index >= 15 is 0 Å².